The first-order chi connectivity index (χ1) is 11.8. The molecule has 0 radical (unpaired) electrons. The van der Waals surface area contributed by atoms with Crippen LogP contribution in [0.25, 0.3) is 0 Å². The maximum absolute atomic E-state index is 5.19. The average Bonchev–Trinajstić information content (AvgIpc) is 2.97. The summed E-state index contributed by atoms with van der Waals surface area (Å²) in [7, 11) is 1.69. The molecule has 1 heterocycles. The number of nitrogens with zero attached hydrogens (tertiary/aromatic N) is 3. The van der Waals surface area contributed by atoms with Gasteiger partial charge in [-0.2, -0.15) is 0 Å². The van der Waals surface area contributed by atoms with E-state index in [0.717, 1.165) is 35.4 Å². The summed E-state index contributed by atoms with van der Waals surface area (Å²) in [6, 6.07) is 18.6. The normalized spacial score (nSPS) is 10.8. The van der Waals surface area contributed by atoms with E-state index in [2.05, 4.69) is 51.2 Å². The van der Waals surface area contributed by atoms with Crippen LogP contribution >= 0.6 is 11.8 Å². The number of ether oxygens (including phenoxy) is 1. The highest BCUT2D eigenvalue weighted by Crippen LogP contribution is 2.20. The quantitative estimate of drug-likeness (QED) is 0.611. The molecule has 0 saturated heterocycles. The average molecular weight is 339 g/mol. The number of benzene rings is 2. The highest BCUT2D eigenvalue weighted by molar-refractivity contribution is 7.99. The summed E-state index contributed by atoms with van der Waals surface area (Å²) in [5, 5.41) is 9.54. The molecular weight excluding hydrogens is 318 g/mol. The Morgan fingerprint density at radius 1 is 0.958 bits per heavy atom. The second-order valence-corrected chi connectivity index (χ2v) is 6.61. The second-order valence-electron chi connectivity index (χ2n) is 5.55. The van der Waals surface area contributed by atoms with Crippen LogP contribution in [0, 0.1) is 6.92 Å². The lowest BCUT2D eigenvalue weighted by Crippen LogP contribution is -2.04. The molecule has 3 aromatic rings. The van der Waals surface area contributed by atoms with Crippen LogP contribution in [0.3, 0.4) is 0 Å². The van der Waals surface area contributed by atoms with E-state index >= 15 is 0 Å². The van der Waals surface area contributed by atoms with Crippen molar-refractivity contribution >= 4 is 11.8 Å². The zero-order valence-electron chi connectivity index (χ0n) is 14.0. The van der Waals surface area contributed by atoms with E-state index in [1.165, 1.54) is 11.1 Å². The largest absolute Gasteiger partial charge is 0.497 e. The minimum atomic E-state index is 0.810. The molecule has 0 atom stereocenters. The number of aryl methyl sites for hydroxylation is 2. The van der Waals surface area contributed by atoms with Gasteiger partial charge in [0.2, 0.25) is 0 Å². The van der Waals surface area contributed by atoms with E-state index in [0.29, 0.717) is 0 Å². The van der Waals surface area contributed by atoms with E-state index in [-0.39, 0.29) is 0 Å². The SMILES string of the molecule is COc1ccc(CCSc2nnc(C)n2Cc2ccccc2)cc1. The van der Waals surface area contributed by atoms with Gasteiger partial charge in [0.25, 0.3) is 0 Å². The molecule has 0 bridgehead atoms. The van der Waals surface area contributed by atoms with Crippen LogP contribution in [0.4, 0.5) is 0 Å². The lowest BCUT2D eigenvalue weighted by atomic mass is 10.2. The standard InChI is InChI=1S/C19H21N3OS/c1-15-20-21-19(22(15)14-17-6-4-3-5-7-17)24-13-12-16-8-10-18(23-2)11-9-16/h3-11H,12-14H2,1-2H3. The summed E-state index contributed by atoms with van der Waals surface area (Å²) >= 11 is 1.75. The minimum absolute atomic E-state index is 0.810. The van der Waals surface area contributed by atoms with Gasteiger partial charge in [-0.25, -0.2) is 0 Å². The Hall–Kier alpha value is -2.27. The van der Waals surface area contributed by atoms with Crippen LogP contribution in [-0.4, -0.2) is 27.6 Å². The number of thioether (sulfide) groups is 1. The number of hydrogen-bond acceptors (Lipinski definition) is 4. The van der Waals surface area contributed by atoms with E-state index in [9.17, 15) is 0 Å². The molecule has 0 spiro atoms. The van der Waals surface area contributed by atoms with E-state index in [4.69, 9.17) is 4.74 Å². The zero-order valence-corrected chi connectivity index (χ0v) is 14.8. The van der Waals surface area contributed by atoms with Crippen molar-refractivity contribution in [1.82, 2.24) is 14.8 Å². The Morgan fingerprint density at radius 3 is 2.42 bits per heavy atom. The third-order valence-corrected chi connectivity index (χ3v) is 4.83. The van der Waals surface area contributed by atoms with Crippen LogP contribution < -0.4 is 4.74 Å². The Bertz CT molecular complexity index is 769. The summed E-state index contributed by atoms with van der Waals surface area (Å²) < 4.78 is 7.37. The highest BCUT2D eigenvalue weighted by Gasteiger charge is 2.10. The molecule has 0 amide bonds. The van der Waals surface area contributed by atoms with Gasteiger partial charge in [-0.1, -0.05) is 54.2 Å². The first-order valence-electron chi connectivity index (χ1n) is 7.95. The Balaban J connectivity index is 1.61. The molecule has 0 aliphatic heterocycles. The van der Waals surface area contributed by atoms with Crippen LogP contribution in [-0.2, 0) is 13.0 Å². The highest BCUT2D eigenvalue weighted by atomic mass is 32.2. The first-order valence-corrected chi connectivity index (χ1v) is 8.94. The van der Waals surface area contributed by atoms with Crippen molar-refractivity contribution in [3.05, 3.63) is 71.5 Å². The zero-order chi connectivity index (χ0) is 16.8. The second kappa shape index (κ2) is 8.02. The van der Waals surface area contributed by atoms with E-state index in [1.54, 1.807) is 18.9 Å². The van der Waals surface area contributed by atoms with E-state index in [1.807, 2.05) is 25.1 Å². The maximum atomic E-state index is 5.19. The number of methoxy groups -OCH3 is 1. The fourth-order valence-corrected chi connectivity index (χ4v) is 3.44. The Morgan fingerprint density at radius 2 is 1.71 bits per heavy atom. The molecule has 0 saturated carbocycles. The third kappa shape index (κ3) is 4.17. The lowest BCUT2D eigenvalue weighted by molar-refractivity contribution is 0.414. The van der Waals surface area contributed by atoms with Crippen molar-refractivity contribution in [1.29, 1.82) is 0 Å². The topological polar surface area (TPSA) is 39.9 Å². The van der Waals surface area contributed by atoms with Crippen molar-refractivity contribution in [2.24, 2.45) is 0 Å². The van der Waals surface area contributed by atoms with Gasteiger partial charge in [0.1, 0.15) is 11.6 Å². The van der Waals surface area contributed by atoms with Gasteiger partial charge in [0, 0.05) is 5.75 Å². The number of hydrogen-bond donors (Lipinski definition) is 0. The van der Waals surface area contributed by atoms with Crippen LogP contribution in [0.15, 0.2) is 59.8 Å². The third-order valence-electron chi connectivity index (χ3n) is 3.87. The summed E-state index contributed by atoms with van der Waals surface area (Å²) in [6.07, 6.45) is 0.992. The van der Waals surface area contributed by atoms with Crippen molar-refractivity contribution in [2.75, 3.05) is 12.9 Å². The van der Waals surface area contributed by atoms with Gasteiger partial charge in [-0.3, -0.25) is 0 Å². The minimum Gasteiger partial charge on any atom is -0.497 e. The number of aromatic nitrogens is 3. The molecule has 0 aliphatic rings. The molecule has 3 rings (SSSR count). The molecule has 0 aliphatic carbocycles. The Kier molecular flexibility index (Phi) is 5.54. The summed E-state index contributed by atoms with van der Waals surface area (Å²) in [5.74, 6) is 2.81. The molecule has 0 unspecified atom stereocenters. The fraction of sp³-hybridized carbons (Fsp3) is 0.263. The smallest absolute Gasteiger partial charge is 0.191 e. The maximum Gasteiger partial charge on any atom is 0.191 e. The monoisotopic (exact) mass is 339 g/mol. The van der Waals surface area contributed by atoms with Crippen LogP contribution in [0.2, 0.25) is 0 Å². The van der Waals surface area contributed by atoms with Crippen molar-refractivity contribution in [3.63, 3.8) is 0 Å². The summed E-state index contributed by atoms with van der Waals surface area (Å²) in [5.41, 5.74) is 2.56. The first kappa shape index (κ1) is 16.6. The van der Waals surface area contributed by atoms with Gasteiger partial charge in [0.15, 0.2) is 5.16 Å². The molecule has 2 aromatic carbocycles. The van der Waals surface area contributed by atoms with Gasteiger partial charge < -0.3 is 9.30 Å². The van der Waals surface area contributed by atoms with Gasteiger partial charge in [0.05, 0.1) is 13.7 Å². The lowest BCUT2D eigenvalue weighted by Gasteiger charge is -2.08. The number of rotatable bonds is 7. The predicted molar refractivity (Wildman–Crippen MR) is 97.7 cm³/mol. The van der Waals surface area contributed by atoms with Crippen molar-refractivity contribution in [3.8, 4) is 5.75 Å². The van der Waals surface area contributed by atoms with Gasteiger partial charge >= 0.3 is 0 Å². The summed E-state index contributed by atoms with van der Waals surface area (Å²) in [6.45, 7) is 2.81. The fourth-order valence-electron chi connectivity index (χ4n) is 2.47. The molecule has 124 valence electrons. The summed E-state index contributed by atoms with van der Waals surface area (Å²) in [4.78, 5) is 0. The Labute approximate surface area is 146 Å². The van der Waals surface area contributed by atoms with Gasteiger partial charge in [-0.15, -0.1) is 10.2 Å². The molecular formula is C19H21N3OS. The molecule has 5 heteroatoms. The molecule has 0 fully saturated rings. The van der Waals surface area contributed by atoms with Crippen molar-refractivity contribution < 1.29 is 4.74 Å². The van der Waals surface area contributed by atoms with E-state index < -0.39 is 0 Å². The molecule has 0 N–H and O–H groups in total. The van der Waals surface area contributed by atoms with Gasteiger partial charge in [-0.05, 0) is 36.6 Å². The molecule has 4 nitrogen and oxygen atoms in total. The molecule has 1 aromatic heterocycles. The van der Waals surface area contributed by atoms with Crippen LogP contribution in [0.5, 0.6) is 5.75 Å². The van der Waals surface area contributed by atoms with Crippen LogP contribution in [0.1, 0.15) is 17.0 Å². The predicted octanol–water partition coefficient (Wildman–Crippen LogP) is 3.98. The van der Waals surface area contributed by atoms with Crippen molar-refractivity contribution in [2.45, 2.75) is 25.0 Å². The molecule has 24 heavy (non-hydrogen) atoms.